The van der Waals surface area contributed by atoms with Crippen molar-refractivity contribution in [2.24, 2.45) is 0 Å². The minimum absolute atomic E-state index is 0.0212. The molecule has 0 aliphatic heterocycles. The van der Waals surface area contributed by atoms with Crippen LogP contribution in [-0.4, -0.2) is 29.4 Å². The number of nitrogens with one attached hydrogen (secondary N) is 1. The molecule has 2 rings (SSSR count). The van der Waals surface area contributed by atoms with Crippen LogP contribution in [0, 0.1) is 6.92 Å². The molecule has 108 valence electrons. The Bertz CT molecular complexity index is 533. The van der Waals surface area contributed by atoms with E-state index in [0.29, 0.717) is 12.4 Å². The van der Waals surface area contributed by atoms with Crippen LogP contribution in [0.15, 0.2) is 11.2 Å². The number of aryl methyl sites for hydroxylation is 2. The molecule has 1 aliphatic carbocycles. The van der Waals surface area contributed by atoms with Gasteiger partial charge in [0.25, 0.3) is 10.0 Å². The second-order valence-corrected chi connectivity index (χ2v) is 7.26. The lowest BCUT2D eigenvalue weighted by Crippen LogP contribution is -2.37. The third-order valence-electron chi connectivity index (χ3n) is 3.55. The van der Waals surface area contributed by atoms with Gasteiger partial charge in [-0.3, -0.25) is 0 Å². The number of sulfonamides is 1. The third kappa shape index (κ3) is 3.49. The lowest BCUT2D eigenvalue weighted by atomic mass is 9.96. The van der Waals surface area contributed by atoms with E-state index in [-0.39, 0.29) is 16.4 Å². The maximum absolute atomic E-state index is 12.2. The van der Waals surface area contributed by atoms with E-state index in [1.807, 2.05) is 11.5 Å². The first-order valence-electron chi connectivity index (χ1n) is 6.62. The van der Waals surface area contributed by atoms with E-state index in [1.165, 1.54) is 0 Å². The van der Waals surface area contributed by atoms with Crippen molar-refractivity contribution in [3.8, 4) is 0 Å². The summed E-state index contributed by atoms with van der Waals surface area (Å²) in [5.74, 6) is 0.715. The van der Waals surface area contributed by atoms with Crippen LogP contribution >= 0.6 is 11.6 Å². The van der Waals surface area contributed by atoms with Gasteiger partial charge >= 0.3 is 0 Å². The van der Waals surface area contributed by atoms with Crippen molar-refractivity contribution in [2.75, 3.05) is 0 Å². The summed E-state index contributed by atoms with van der Waals surface area (Å²) in [5.41, 5.74) is 0. The number of halogens is 1. The minimum atomic E-state index is -3.51. The molecule has 0 amide bonds. The monoisotopic (exact) mass is 305 g/mol. The van der Waals surface area contributed by atoms with E-state index < -0.39 is 10.0 Å². The van der Waals surface area contributed by atoms with Gasteiger partial charge in [0, 0.05) is 24.2 Å². The standard InChI is InChI=1S/C12H20ClN3O2S/c1-3-16-8-12(14-9(16)2)19(17,18)15-11-6-4-10(13)5-7-11/h8,10-11,15H,3-7H2,1-2H3. The van der Waals surface area contributed by atoms with E-state index in [4.69, 9.17) is 11.6 Å². The Morgan fingerprint density at radius 3 is 2.58 bits per heavy atom. The number of aromatic nitrogens is 2. The molecule has 19 heavy (non-hydrogen) atoms. The van der Waals surface area contributed by atoms with Crippen molar-refractivity contribution in [2.45, 2.75) is 62.5 Å². The van der Waals surface area contributed by atoms with Gasteiger partial charge in [-0.1, -0.05) is 0 Å². The molecular formula is C12H20ClN3O2S. The molecule has 1 aliphatic rings. The topological polar surface area (TPSA) is 64.0 Å². The molecular weight excluding hydrogens is 286 g/mol. The van der Waals surface area contributed by atoms with Gasteiger partial charge in [0.05, 0.1) is 0 Å². The van der Waals surface area contributed by atoms with Gasteiger partial charge in [0.15, 0.2) is 5.03 Å². The Morgan fingerprint density at radius 1 is 1.42 bits per heavy atom. The predicted octanol–water partition coefficient (Wildman–Crippen LogP) is 2.04. The van der Waals surface area contributed by atoms with Crippen LogP contribution < -0.4 is 4.72 Å². The summed E-state index contributed by atoms with van der Waals surface area (Å²) in [6.45, 7) is 4.48. The summed E-state index contributed by atoms with van der Waals surface area (Å²) in [6.07, 6.45) is 4.89. The maximum atomic E-state index is 12.2. The molecule has 0 unspecified atom stereocenters. The van der Waals surface area contributed by atoms with Gasteiger partial charge in [-0.2, -0.15) is 0 Å². The molecule has 7 heteroatoms. The zero-order valence-electron chi connectivity index (χ0n) is 11.3. The lowest BCUT2D eigenvalue weighted by molar-refractivity contribution is 0.416. The van der Waals surface area contributed by atoms with Gasteiger partial charge < -0.3 is 4.57 Å². The summed E-state index contributed by atoms with van der Waals surface area (Å²) in [7, 11) is -3.51. The van der Waals surface area contributed by atoms with E-state index in [9.17, 15) is 8.42 Å². The first-order chi connectivity index (χ1) is 8.92. The fourth-order valence-electron chi connectivity index (χ4n) is 2.38. The average Bonchev–Trinajstić information content (AvgIpc) is 2.74. The van der Waals surface area contributed by atoms with Gasteiger partial charge in [-0.15, -0.1) is 11.6 Å². The van der Waals surface area contributed by atoms with E-state index in [0.717, 1.165) is 25.7 Å². The van der Waals surface area contributed by atoms with Crippen molar-refractivity contribution in [1.82, 2.24) is 14.3 Å². The molecule has 0 bridgehead atoms. The second-order valence-electron chi connectivity index (χ2n) is 4.98. The molecule has 0 spiro atoms. The van der Waals surface area contributed by atoms with E-state index >= 15 is 0 Å². The molecule has 1 N–H and O–H groups in total. The largest absolute Gasteiger partial charge is 0.334 e. The van der Waals surface area contributed by atoms with Crippen LogP contribution in [0.1, 0.15) is 38.4 Å². The number of nitrogens with zero attached hydrogens (tertiary/aromatic N) is 2. The quantitative estimate of drug-likeness (QED) is 0.866. The van der Waals surface area contributed by atoms with Gasteiger partial charge in [-0.05, 0) is 39.5 Å². The van der Waals surface area contributed by atoms with Crippen LogP contribution in [0.2, 0.25) is 0 Å². The van der Waals surface area contributed by atoms with E-state index in [2.05, 4.69) is 9.71 Å². The highest BCUT2D eigenvalue weighted by atomic mass is 35.5. The molecule has 0 radical (unpaired) electrons. The fourth-order valence-corrected chi connectivity index (χ4v) is 3.94. The third-order valence-corrected chi connectivity index (χ3v) is 5.38. The van der Waals surface area contributed by atoms with Crippen molar-refractivity contribution in [3.05, 3.63) is 12.0 Å². The first kappa shape index (κ1) is 14.8. The maximum Gasteiger partial charge on any atom is 0.259 e. The van der Waals surface area contributed by atoms with Gasteiger partial charge in [0.2, 0.25) is 0 Å². The minimum Gasteiger partial charge on any atom is -0.334 e. The Labute approximate surface area is 119 Å². The second kappa shape index (κ2) is 5.81. The smallest absolute Gasteiger partial charge is 0.259 e. The van der Waals surface area contributed by atoms with Gasteiger partial charge in [-0.25, -0.2) is 18.1 Å². The highest BCUT2D eigenvalue weighted by Gasteiger charge is 2.26. The summed E-state index contributed by atoms with van der Waals surface area (Å²) in [5, 5.41) is 0.294. The normalized spacial score (nSPS) is 24.6. The van der Waals surface area contributed by atoms with Crippen LogP contribution in [0.4, 0.5) is 0 Å². The van der Waals surface area contributed by atoms with Gasteiger partial charge in [0.1, 0.15) is 5.82 Å². The summed E-state index contributed by atoms with van der Waals surface area (Å²) < 4.78 is 29.0. The number of rotatable bonds is 4. The summed E-state index contributed by atoms with van der Waals surface area (Å²) in [4.78, 5) is 4.12. The van der Waals surface area contributed by atoms with Crippen LogP contribution in [0.5, 0.6) is 0 Å². The number of hydrogen-bond donors (Lipinski definition) is 1. The summed E-state index contributed by atoms with van der Waals surface area (Å²) in [6, 6.07) is -0.0212. The molecule has 1 heterocycles. The SMILES string of the molecule is CCn1cc(S(=O)(=O)NC2CCC(Cl)CC2)nc1C. The highest BCUT2D eigenvalue weighted by Crippen LogP contribution is 2.24. The zero-order valence-corrected chi connectivity index (χ0v) is 12.8. The molecule has 1 aromatic rings. The zero-order chi connectivity index (χ0) is 14.0. The number of alkyl halides is 1. The molecule has 1 saturated carbocycles. The Hall–Kier alpha value is -0.590. The first-order valence-corrected chi connectivity index (χ1v) is 8.54. The number of imidazole rings is 1. The van der Waals surface area contributed by atoms with Crippen molar-refractivity contribution < 1.29 is 8.42 Å². The Balaban J connectivity index is 2.09. The Morgan fingerprint density at radius 2 is 2.05 bits per heavy atom. The molecule has 1 aromatic heterocycles. The van der Waals surface area contributed by atoms with Crippen molar-refractivity contribution in [3.63, 3.8) is 0 Å². The fraction of sp³-hybridized carbons (Fsp3) is 0.750. The van der Waals surface area contributed by atoms with Crippen molar-refractivity contribution >= 4 is 21.6 Å². The van der Waals surface area contributed by atoms with Crippen LogP contribution in [0.25, 0.3) is 0 Å². The molecule has 5 nitrogen and oxygen atoms in total. The molecule has 0 aromatic carbocycles. The average molecular weight is 306 g/mol. The van der Waals surface area contributed by atoms with Crippen LogP contribution in [-0.2, 0) is 16.6 Å². The highest BCUT2D eigenvalue weighted by molar-refractivity contribution is 7.89. The van der Waals surface area contributed by atoms with Crippen molar-refractivity contribution in [1.29, 1.82) is 0 Å². The predicted molar refractivity (Wildman–Crippen MR) is 74.9 cm³/mol. The summed E-state index contributed by atoms with van der Waals surface area (Å²) >= 11 is 6.02. The Kier molecular flexibility index (Phi) is 4.53. The molecule has 0 atom stereocenters. The lowest BCUT2D eigenvalue weighted by Gasteiger charge is -2.25. The van der Waals surface area contributed by atoms with E-state index in [1.54, 1.807) is 13.1 Å². The number of hydrogen-bond acceptors (Lipinski definition) is 3. The molecule has 0 saturated heterocycles. The van der Waals surface area contributed by atoms with Crippen LogP contribution in [0.3, 0.4) is 0 Å². The molecule has 1 fully saturated rings.